The molecule has 0 saturated heterocycles. The summed E-state index contributed by atoms with van der Waals surface area (Å²) in [5.74, 6) is -0.0452. The average molecular weight is 318 g/mol. The Morgan fingerprint density at radius 3 is 2.90 bits per heavy atom. The summed E-state index contributed by atoms with van der Waals surface area (Å²) >= 11 is 2.87. The van der Waals surface area contributed by atoms with Crippen molar-refractivity contribution in [3.63, 3.8) is 0 Å². The van der Waals surface area contributed by atoms with Gasteiger partial charge in [0, 0.05) is 4.88 Å². The largest absolute Gasteiger partial charge is 0.291 e. The molecule has 3 rings (SSSR count). The number of carbonyl (C=O) groups excluding carboxylic acids is 1. The molecule has 0 atom stereocenters. The van der Waals surface area contributed by atoms with Crippen LogP contribution in [-0.2, 0) is 13.0 Å². The highest BCUT2D eigenvalue weighted by Gasteiger charge is 2.13. The van der Waals surface area contributed by atoms with Crippen molar-refractivity contribution < 1.29 is 4.79 Å². The molecule has 0 saturated carbocycles. The normalized spacial score (nSPS) is 11.1. The SMILES string of the molecule is CCc1ccc(C(=O)Cn2cnc3c(C)csc3c2=O)s1. The van der Waals surface area contributed by atoms with Gasteiger partial charge >= 0.3 is 0 Å². The van der Waals surface area contributed by atoms with E-state index < -0.39 is 0 Å². The van der Waals surface area contributed by atoms with Crippen molar-refractivity contribution in [2.45, 2.75) is 26.8 Å². The second-order valence-corrected chi connectivity index (χ2v) is 6.86. The summed E-state index contributed by atoms with van der Waals surface area (Å²) in [5.41, 5.74) is 1.59. The second kappa shape index (κ2) is 5.54. The van der Waals surface area contributed by atoms with Gasteiger partial charge in [-0.25, -0.2) is 4.98 Å². The van der Waals surface area contributed by atoms with E-state index in [-0.39, 0.29) is 17.9 Å². The van der Waals surface area contributed by atoms with E-state index in [9.17, 15) is 9.59 Å². The molecule has 21 heavy (non-hydrogen) atoms. The highest BCUT2D eigenvalue weighted by molar-refractivity contribution is 7.17. The van der Waals surface area contributed by atoms with Crippen molar-refractivity contribution in [1.29, 1.82) is 0 Å². The van der Waals surface area contributed by atoms with Crippen LogP contribution < -0.4 is 5.56 Å². The number of hydrogen-bond donors (Lipinski definition) is 0. The molecule has 0 aliphatic carbocycles. The molecule has 0 bridgehead atoms. The van der Waals surface area contributed by atoms with Crippen molar-refractivity contribution in [2.24, 2.45) is 0 Å². The van der Waals surface area contributed by atoms with Crippen LogP contribution in [0.25, 0.3) is 10.2 Å². The van der Waals surface area contributed by atoms with Crippen molar-refractivity contribution in [1.82, 2.24) is 9.55 Å². The molecule has 108 valence electrons. The van der Waals surface area contributed by atoms with Crippen LogP contribution in [0.1, 0.15) is 27.0 Å². The summed E-state index contributed by atoms with van der Waals surface area (Å²) in [4.78, 5) is 30.8. The molecule has 0 aliphatic rings. The third-order valence-electron chi connectivity index (χ3n) is 3.32. The first-order valence-electron chi connectivity index (χ1n) is 6.65. The van der Waals surface area contributed by atoms with Gasteiger partial charge in [0.15, 0.2) is 5.78 Å². The van der Waals surface area contributed by atoms with E-state index in [0.717, 1.165) is 17.5 Å². The smallest absolute Gasteiger partial charge is 0.271 e. The lowest BCUT2D eigenvalue weighted by molar-refractivity contribution is 0.0974. The summed E-state index contributed by atoms with van der Waals surface area (Å²) in [7, 11) is 0. The van der Waals surface area contributed by atoms with E-state index in [2.05, 4.69) is 11.9 Å². The minimum absolute atomic E-state index is 0.0440. The first kappa shape index (κ1) is 14.2. The molecular weight excluding hydrogens is 304 g/mol. The summed E-state index contributed by atoms with van der Waals surface area (Å²) in [5, 5.41) is 1.91. The lowest BCUT2D eigenvalue weighted by atomic mass is 10.3. The number of carbonyl (C=O) groups is 1. The monoisotopic (exact) mass is 318 g/mol. The molecule has 3 heterocycles. The quantitative estimate of drug-likeness (QED) is 0.694. The number of fused-ring (bicyclic) bond motifs is 1. The van der Waals surface area contributed by atoms with Crippen LogP contribution in [0.15, 0.2) is 28.6 Å². The summed E-state index contributed by atoms with van der Waals surface area (Å²) in [6.07, 6.45) is 2.39. The van der Waals surface area contributed by atoms with Gasteiger partial charge in [-0.05, 0) is 36.4 Å². The Kier molecular flexibility index (Phi) is 3.73. The standard InChI is InChI=1S/C15H14N2O2S2/c1-3-10-4-5-12(21-10)11(18)6-17-8-16-13-9(2)7-20-14(13)15(17)19/h4-5,7-8H,3,6H2,1-2H3. The molecule has 0 radical (unpaired) electrons. The summed E-state index contributed by atoms with van der Waals surface area (Å²) in [6.45, 7) is 4.03. The molecular formula is C15H14N2O2S2. The zero-order chi connectivity index (χ0) is 15.0. The van der Waals surface area contributed by atoms with E-state index in [1.807, 2.05) is 24.4 Å². The molecule has 3 aromatic heterocycles. The highest BCUT2D eigenvalue weighted by Crippen LogP contribution is 2.20. The van der Waals surface area contributed by atoms with Gasteiger partial charge in [-0.2, -0.15) is 0 Å². The minimum Gasteiger partial charge on any atom is -0.291 e. The molecule has 0 fully saturated rings. The maximum Gasteiger partial charge on any atom is 0.271 e. The van der Waals surface area contributed by atoms with Crippen molar-refractivity contribution in [3.05, 3.63) is 49.5 Å². The third kappa shape index (κ3) is 2.56. The number of Topliss-reactive ketones (excluding diaryl/α,β-unsaturated/α-hetero) is 1. The van der Waals surface area contributed by atoms with Gasteiger partial charge in [0.2, 0.25) is 0 Å². The Labute approximate surface area is 129 Å². The van der Waals surface area contributed by atoms with Gasteiger partial charge in [0.25, 0.3) is 5.56 Å². The van der Waals surface area contributed by atoms with E-state index in [0.29, 0.717) is 9.58 Å². The number of rotatable bonds is 4. The minimum atomic E-state index is -0.140. The number of ketones is 1. The average Bonchev–Trinajstić information content (AvgIpc) is 3.09. The Bertz CT molecular complexity index is 873. The molecule has 0 spiro atoms. The van der Waals surface area contributed by atoms with Gasteiger partial charge in [-0.1, -0.05) is 6.92 Å². The van der Waals surface area contributed by atoms with E-state index >= 15 is 0 Å². The van der Waals surface area contributed by atoms with E-state index in [1.165, 1.54) is 38.4 Å². The Hall–Kier alpha value is -1.79. The first-order chi connectivity index (χ1) is 10.1. The van der Waals surface area contributed by atoms with Crippen LogP contribution in [0.5, 0.6) is 0 Å². The number of hydrogen-bond acceptors (Lipinski definition) is 5. The topological polar surface area (TPSA) is 52.0 Å². The first-order valence-corrected chi connectivity index (χ1v) is 8.35. The lowest BCUT2D eigenvalue weighted by Gasteiger charge is -2.03. The predicted molar refractivity (Wildman–Crippen MR) is 86.6 cm³/mol. The van der Waals surface area contributed by atoms with Gasteiger partial charge < -0.3 is 0 Å². The molecule has 6 heteroatoms. The molecule has 0 N–H and O–H groups in total. The van der Waals surface area contributed by atoms with Crippen LogP contribution in [0, 0.1) is 6.92 Å². The highest BCUT2D eigenvalue weighted by atomic mass is 32.1. The van der Waals surface area contributed by atoms with Gasteiger partial charge in [0.1, 0.15) is 4.70 Å². The Morgan fingerprint density at radius 2 is 2.19 bits per heavy atom. The zero-order valence-corrected chi connectivity index (χ0v) is 13.4. The zero-order valence-electron chi connectivity index (χ0n) is 11.8. The van der Waals surface area contributed by atoms with E-state index in [1.54, 1.807) is 0 Å². The van der Waals surface area contributed by atoms with Crippen molar-refractivity contribution >= 4 is 38.7 Å². The number of aryl methyl sites for hydroxylation is 2. The summed E-state index contributed by atoms with van der Waals surface area (Å²) < 4.78 is 2.01. The van der Waals surface area contributed by atoms with Crippen molar-refractivity contribution in [2.75, 3.05) is 0 Å². The van der Waals surface area contributed by atoms with Gasteiger partial charge in [-0.3, -0.25) is 14.2 Å². The lowest BCUT2D eigenvalue weighted by Crippen LogP contribution is -2.23. The van der Waals surface area contributed by atoms with E-state index in [4.69, 9.17) is 0 Å². The molecule has 0 amide bonds. The van der Waals surface area contributed by atoms with Crippen LogP contribution in [0.2, 0.25) is 0 Å². The van der Waals surface area contributed by atoms with Crippen LogP contribution >= 0.6 is 22.7 Å². The maximum atomic E-state index is 12.4. The third-order valence-corrected chi connectivity index (χ3v) is 5.67. The van der Waals surface area contributed by atoms with Gasteiger partial charge in [-0.15, -0.1) is 22.7 Å². The van der Waals surface area contributed by atoms with Crippen LogP contribution in [0.3, 0.4) is 0 Å². The summed E-state index contributed by atoms with van der Waals surface area (Å²) in [6, 6.07) is 3.79. The molecule has 3 aromatic rings. The van der Waals surface area contributed by atoms with Crippen molar-refractivity contribution in [3.8, 4) is 0 Å². The number of aromatic nitrogens is 2. The van der Waals surface area contributed by atoms with Crippen LogP contribution in [0.4, 0.5) is 0 Å². The predicted octanol–water partition coefficient (Wildman–Crippen LogP) is 3.27. The number of nitrogens with zero attached hydrogens (tertiary/aromatic N) is 2. The molecule has 0 aromatic carbocycles. The molecule has 0 unspecified atom stereocenters. The molecule has 0 aliphatic heterocycles. The Morgan fingerprint density at radius 1 is 1.38 bits per heavy atom. The number of thiophene rings is 2. The fraction of sp³-hybridized carbons (Fsp3) is 0.267. The fourth-order valence-electron chi connectivity index (χ4n) is 2.12. The van der Waals surface area contributed by atoms with Gasteiger partial charge in [0.05, 0.1) is 23.3 Å². The second-order valence-electron chi connectivity index (χ2n) is 4.82. The Balaban J connectivity index is 1.92. The molecule has 4 nitrogen and oxygen atoms in total. The van der Waals surface area contributed by atoms with Crippen LogP contribution in [-0.4, -0.2) is 15.3 Å². The fourth-order valence-corrected chi connectivity index (χ4v) is 3.95. The maximum absolute atomic E-state index is 12.4.